The summed E-state index contributed by atoms with van der Waals surface area (Å²) in [5.41, 5.74) is 9.82. The lowest BCUT2D eigenvalue weighted by molar-refractivity contribution is 0.549. The summed E-state index contributed by atoms with van der Waals surface area (Å²) in [5, 5.41) is 7.50. The number of rotatable bonds is 6. The van der Waals surface area contributed by atoms with Crippen molar-refractivity contribution < 1.29 is 0 Å². The lowest BCUT2D eigenvalue weighted by Gasteiger charge is -2.22. The van der Waals surface area contributed by atoms with Gasteiger partial charge < -0.3 is 21.3 Å². The number of nitrogen functional groups attached to an aromatic ring is 1. The molecule has 160 valence electrons. The standard InChI is InChI=1S/C20H27ClN6.2ClH/c1-2-9-23-14-8-10-27(12-14)19-15-4-3-5-18(15)25-20(26-19)24-13-6-7-16(21)17(22)11-13;;/h6-7,11,14,23H,2-5,8-10,12,22H2,1H3,(H,24,25,26);2*1H/t14-;;/m0../s1. The highest BCUT2D eigenvalue weighted by Gasteiger charge is 2.28. The Morgan fingerprint density at radius 2 is 2.07 bits per heavy atom. The number of halogens is 3. The first kappa shape index (κ1) is 23.8. The van der Waals surface area contributed by atoms with E-state index in [0.29, 0.717) is 22.7 Å². The molecule has 1 aliphatic heterocycles. The van der Waals surface area contributed by atoms with Crippen molar-refractivity contribution in [2.45, 2.75) is 45.1 Å². The van der Waals surface area contributed by atoms with Gasteiger partial charge in [-0.2, -0.15) is 4.98 Å². The monoisotopic (exact) mass is 458 g/mol. The SMILES string of the molecule is CCCN[C@H]1CCN(c2nc(Nc3ccc(Cl)c(N)c3)nc3c2CCC3)C1.Cl.Cl. The van der Waals surface area contributed by atoms with Crippen molar-refractivity contribution in [2.75, 3.05) is 35.6 Å². The predicted octanol–water partition coefficient (Wildman–Crippen LogP) is 4.37. The third kappa shape index (κ3) is 5.37. The highest BCUT2D eigenvalue weighted by molar-refractivity contribution is 6.33. The minimum Gasteiger partial charge on any atom is -0.397 e. The van der Waals surface area contributed by atoms with Gasteiger partial charge in [0.05, 0.1) is 16.4 Å². The molecule has 0 radical (unpaired) electrons. The Bertz CT molecular complexity index is 832. The van der Waals surface area contributed by atoms with Gasteiger partial charge in [0, 0.05) is 30.4 Å². The molecule has 0 saturated carbocycles. The fourth-order valence-electron chi connectivity index (χ4n) is 3.95. The summed E-state index contributed by atoms with van der Waals surface area (Å²) in [4.78, 5) is 12.1. The molecule has 0 amide bonds. The number of aryl methyl sites for hydroxylation is 1. The van der Waals surface area contributed by atoms with Crippen LogP contribution in [0.5, 0.6) is 0 Å². The topological polar surface area (TPSA) is 79.1 Å². The maximum Gasteiger partial charge on any atom is 0.229 e. The molecular weight excluding hydrogens is 431 g/mol. The Hall–Kier alpha value is -1.47. The number of benzene rings is 1. The van der Waals surface area contributed by atoms with E-state index < -0.39 is 0 Å². The van der Waals surface area contributed by atoms with Gasteiger partial charge in [0.2, 0.25) is 5.95 Å². The summed E-state index contributed by atoms with van der Waals surface area (Å²) in [6.07, 6.45) is 5.57. The number of hydrogen-bond acceptors (Lipinski definition) is 6. The van der Waals surface area contributed by atoms with Crippen molar-refractivity contribution in [1.82, 2.24) is 15.3 Å². The molecule has 2 heterocycles. The number of aromatic nitrogens is 2. The van der Waals surface area contributed by atoms with Crippen molar-refractivity contribution in [3.63, 3.8) is 0 Å². The van der Waals surface area contributed by atoms with Gasteiger partial charge in [-0.15, -0.1) is 24.8 Å². The second-order valence-electron chi connectivity index (χ2n) is 7.40. The van der Waals surface area contributed by atoms with Crippen molar-refractivity contribution in [1.29, 1.82) is 0 Å². The third-order valence-electron chi connectivity index (χ3n) is 5.33. The van der Waals surface area contributed by atoms with Gasteiger partial charge in [-0.05, 0) is 56.8 Å². The minimum atomic E-state index is 0. The van der Waals surface area contributed by atoms with Crippen LogP contribution in [-0.2, 0) is 12.8 Å². The molecule has 1 saturated heterocycles. The van der Waals surface area contributed by atoms with Gasteiger partial charge in [0.15, 0.2) is 0 Å². The Morgan fingerprint density at radius 1 is 1.24 bits per heavy atom. The van der Waals surface area contributed by atoms with Crippen LogP contribution in [0.25, 0.3) is 0 Å². The molecule has 29 heavy (non-hydrogen) atoms. The minimum absolute atomic E-state index is 0. The molecule has 1 aromatic heterocycles. The normalized spacial score (nSPS) is 17.4. The molecule has 0 unspecified atom stereocenters. The van der Waals surface area contributed by atoms with Crippen LogP contribution in [0, 0.1) is 0 Å². The molecule has 2 aromatic rings. The van der Waals surface area contributed by atoms with E-state index in [0.717, 1.165) is 63.2 Å². The number of nitrogens with zero attached hydrogens (tertiary/aromatic N) is 3. The quantitative estimate of drug-likeness (QED) is 0.557. The Morgan fingerprint density at radius 3 is 2.83 bits per heavy atom. The zero-order valence-electron chi connectivity index (χ0n) is 16.6. The van der Waals surface area contributed by atoms with E-state index in [-0.39, 0.29) is 24.8 Å². The smallest absolute Gasteiger partial charge is 0.229 e. The molecule has 2 aliphatic rings. The van der Waals surface area contributed by atoms with Gasteiger partial charge in [-0.25, -0.2) is 4.98 Å². The lowest BCUT2D eigenvalue weighted by Crippen LogP contribution is -2.33. The van der Waals surface area contributed by atoms with Crippen LogP contribution in [0.4, 0.5) is 23.1 Å². The number of anilines is 4. The molecule has 1 aliphatic carbocycles. The van der Waals surface area contributed by atoms with Gasteiger partial charge >= 0.3 is 0 Å². The summed E-state index contributed by atoms with van der Waals surface area (Å²) < 4.78 is 0. The molecule has 0 spiro atoms. The van der Waals surface area contributed by atoms with E-state index >= 15 is 0 Å². The van der Waals surface area contributed by atoms with E-state index in [1.165, 1.54) is 11.3 Å². The molecule has 0 bridgehead atoms. The fourth-order valence-corrected chi connectivity index (χ4v) is 4.07. The Labute approximate surface area is 189 Å². The van der Waals surface area contributed by atoms with Crippen LogP contribution in [0.3, 0.4) is 0 Å². The zero-order valence-corrected chi connectivity index (χ0v) is 19.0. The van der Waals surface area contributed by atoms with Gasteiger partial charge in [-0.1, -0.05) is 18.5 Å². The predicted molar refractivity (Wildman–Crippen MR) is 127 cm³/mol. The summed E-state index contributed by atoms with van der Waals surface area (Å²) in [6, 6.07) is 6.05. The van der Waals surface area contributed by atoms with Crippen LogP contribution in [0.2, 0.25) is 5.02 Å². The second kappa shape index (κ2) is 10.5. The average molecular weight is 460 g/mol. The summed E-state index contributed by atoms with van der Waals surface area (Å²) in [6.45, 7) is 5.33. The number of hydrogen-bond donors (Lipinski definition) is 3. The van der Waals surface area contributed by atoms with Crippen LogP contribution in [0.15, 0.2) is 18.2 Å². The van der Waals surface area contributed by atoms with Gasteiger partial charge in [0.25, 0.3) is 0 Å². The maximum absolute atomic E-state index is 6.02. The van der Waals surface area contributed by atoms with E-state index in [1.807, 2.05) is 12.1 Å². The summed E-state index contributed by atoms with van der Waals surface area (Å²) >= 11 is 6.02. The average Bonchev–Trinajstić information content (AvgIpc) is 3.31. The summed E-state index contributed by atoms with van der Waals surface area (Å²) in [5.74, 6) is 1.74. The molecule has 1 atom stereocenters. The molecule has 6 nitrogen and oxygen atoms in total. The molecule has 1 fully saturated rings. The highest BCUT2D eigenvalue weighted by atomic mass is 35.5. The molecule has 9 heteroatoms. The number of fused-ring (bicyclic) bond motifs is 1. The van der Waals surface area contributed by atoms with Crippen LogP contribution in [-0.4, -0.2) is 35.6 Å². The Kier molecular flexibility index (Phi) is 8.64. The van der Waals surface area contributed by atoms with Crippen LogP contribution >= 0.6 is 36.4 Å². The Balaban J connectivity index is 0.00000150. The first-order valence-corrected chi connectivity index (χ1v) is 10.2. The van der Waals surface area contributed by atoms with Crippen LogP contribution in [0.1, 0.15) is 37.4 Å². The second-order valence-corrected chi connectivity index (χ2v) is 7.80. The molecule has 4 rings (SSSR count). The molecular formula is C20H29Cl3N6. The first-order chi connectivity index (χ1) is 13.1. The van der Waals surface area contributed by atoms with Crippen molar-refractivity contribution in [3.8, 4) is 0 Å². The largest absolute Gasteiger partial charge is 0.397 e. The van der Waals surface area contributed by atoms with Crippen LogP contribution < -0.4 is 21.3 Å². The van der Waals surface area contributed by atoms with E-state index in [2.05, 4.69) is 22.5 Å². The van der Waals surface area contributed by atoms with E-state index in [1.54, 1.807) is 6.07 Å². The molecule has 1 aromatic carbocycles. The van der Waals surface area contributed by atoms with E-state index in [4.69, 9.17) is 27.3 Å². The van der Waals surface area contributed by atoms with Gasteiger partial charge in [0.1, 0.15) is 5.82 Å². The van der Waals surface area contributed by atoms with Crippen molar-refractivity contribution in [2.24, 2.45) is 0 Å². The van der Waals surface area contributed by atoms with Crippen molar-refractivity contribution >= 4 is 59.6 Å². The zero-order chi connectivity index (χ0) is 18.8. The maximum atomic E-state index is 6.02. The third-order valence-corrected chi connectivity index (χ3v) is 5.68. The first-order valence-electron chi connectivity index (χ1n) is 9.84. The highest BCUT2D eigenvalue weighted by Crippen LogP contribution is 2.33. The number of nitrogens with one attached hydrogen (secondary N) is 2. The van der Waals surface area contributed by atoms with E-state index in [9.17, 15) is 0 Å². The fraction of sp³-hybridized carbons (Fsp3) is 0.500. The molecule has 4 N–H and O–H groups in total. The number of nitrogens with two attached hydrogens (primary N) is 1. The van der Waals surface area contributed by atoms with Crippen molar-refractivity contribution in [3.05, 3.63) is 34.5 Å². The van der Waals surface area contributed by atoms with Gasteiger partial charge in [-0.3, -0.25) is 0 Å². The summed E-state index contributed by atoms with van der Waals surface area (Å²) in [7, 11) is 0. The lowest BCUT2D eigenvalue weighted by atomic mass is 10.2.